The van der Waals surface area contributed by atoms with E-state index in [1.807, 2.05) is 24.3 Å². The molecule has 0 saturated carbocycles. The summed E-state index contributed by atoms with van der Waals surface area (Å²) in [6.45, 7) is 10.2. The Kier molecular flexibility index (Phi) is 24.7. The van der Waals surface area contributed by atoms with Crippen molar-refractivity contribution < 1.29 is 47.4 Å². The number of amides is 1. The number of benzene rings is 3. The Bertz CT molecular complexity index is 1410. The minimum absolute atomic E-state index is 0.0396. The SMILES string of the molecule is CCCCCCCCCc1ccc(OCCOCCOCCOCCOCCOCCOCCOCCNC(=O)OCC2c3ccccc3-c3ccccc32)cc1. The van der Waals surface area contributed by atoms with Crippen LogP contribution in [0.4, 0.5) is 4.79 Å². The maximum atomic E-state index is 12.3. The zero-order chi connectivity index (χ0) is 39.9. The summed E-state index contributed by atoms with van der Waals surface area (Å²) in [5.41, 5.74) is 6.16. The monoisotopic (exact) mass is 793 g/mol. The highest BCUT2D eigenvalue weighted by atomic mass is 16.6. The van der Waals surface area contributed by atoms with Crippen molar-refractivity contribution in [3.63, 3.8) is 0 Å². The molecule has 0 aliphatic heterocycles. The Morgan fingerprint density at radius 2 is 0.947 bits per heavy atom. The van der Waals surface area contributed by atoms with Crippen LogP contribution in [-0.2, 0) is 44.3 Å². The molecule has 1 amide bonds. The van der Waals surface area contributed by atoms with Crippen LogP contribution in [0.1, 0.15) is 74.5 Å². The lowest BCUT2D eigenvalue weighted by atomic mass is 9.98. The first kappa shape index (κ1) is 46.1. The van der Waals surface area contributed by atoms with Crippen molar-refractivity contribution in [1.82, 2.24) is 5.32 Å². The van der Waals surface area contributed by atoms with Crippen molar-refractivity contribution >= 4 is 6.09 Å². The van der Waals surface area contributed by atoms with Gasteiger partial charge < -0.3 is 47.9 Å². The topological polar surface area (TPSA) is 112 Å². The standard InChI is InChI=1S/C46H67NO10/c1-2-3-4-5-6-7-8-13-39-18-20-40(21-19-39)56-37-36-55-35-34-54-33-32-53-31-30-52-29-28-51-27-26-50-25-24-49-23-22-47-46(48)57-38-45-43-16-11-9-14-41(43)42-15-10-12-17-44(42)45/h9-12,14-21,45H,2-8,13,22-38H2,1H3,(H,47,48). The minimum atomic E-state index is -0.448. The number of nitrogens with one attached hydrogen (secondary N) is 1. The summed E-state index contributed by atoms with van der Waals surface area (Å²) in [6, 6.07) is 25.0. The van der Waals surface area contributed by atoms with E-state index in [9.17, 15) is 4.79 Å². The molecule has 0 radical (unpaired) electrons. The third-order valence-electron chi connectivity index (χ3n) is 9.58. The number of alkyl carbamates (subject to hydrolysis) is 1. The molecule has 0 spiro atoms. The third-order valence-corrected chi connectivity index (χ3v) is 9.58. The molecule has 0 unspecified atom stereocenters. The van der Waals surface area contributed by atoms with Gasteiger partial charge in [-0.05, 0) is 52.8 Å². The van der Waals surface area contributed by atoms with Gasteiger partial charge in [0.15, 0.2) is 0 Å². The molecule has 0 bridgehead atoms. The molecule has 3 aromatic rings. The number of carbonyl (C=O) groups is 1. The number of aryl methyl sites for hydroxylation is 1. The second kappa shape index (κ2) is 30.5. The number of hydrogen-bond acceptors (Lipinski definition) is 10. The van der Waals surface area contributed by atoms with Gasteiger partial charge in [-0.2, -0.15) is 0 Å². The van der Waals surface area contributed by atoms with E-state index < -0.39 is 6.09 Å². The van der Waals surface area contributed by atoms with Gasteiger partial charge in [-0.15, -0.1) is 0 Å². The molecule has 11 heteroatoms. The highest BCUT2D eigenvalue weighted by Crippen LogP contribution is 2.44. The number of carbonyl (C=O) groups excluding carboxylic acids is 1. The molecule has 0 heterocycles. The molecule has 11 nitrogen and oxygen atoms in total. The van der Waals surface area contributed by atoms with E-state index in [0.717, 1.165) is 12.2 Å². The Labute approximate surface area is 340 Å². The van der Waals surface area contributed by atoms with Gasteiger partial charge in [0.05, 0.1) is 92.5 Å². The van der Waals surface area contributed by atoms with Crippen LogP contribution in [0.2, 0.25) is 0 Å². The zero-order valence-corrected chi connectivity index (χ0v) is 34.3. The summed E-state index contributed by atoms with van der Waals surface area (Å²) in [5.74, 6) is 0.922. The maximum Gasteiger partial charge on any atom is 0.407 e. The largest absolute Gasteiger partial charge is 0.491 e. The van der Waals surface area contributed by atoms with Gasteiger partial charge in [-0.25, -0.2) is 4.79 Å². The van der Waals surface area contributed by atoms with Crippen molar-refractivity contribution in [2.24, 2.45) is 0 Å². The first-order valence-electron chi connectivity index (χ1n) is 21.1. The van der Waals surface area contributed by atoms with Gasteiger partial charge >= 0.3 is 6.09 Å². The normalized spacial score (nSPS) is 12.1. The Morgan fingerprint density at radius 3 is 1.46 bits per heavy atom. The lowest BCUT2D eigenvalue weighted by molar-refractivity contribution is -0.0211. The summed E-state index contributed by atoms with van der Waals surface area (Å²) < 4.78 is 50.2. The molecule has 1 aliphatic carbocycles. The van der Waals surface area contributed by atoms with Crippen LogP contribution in [-0.4, -0.2) is 118 Å². The van der Waals surface area contributed by atoms with E-state index in [1.54, 1.807) is 0 Å². The van der Waals surface area contributed by atoms with Crippen molar-refractivity contribution in [2.75, 3.05) is 112 Å². The summed E-state index contributed by atoms with van der Waals surface area (Å²) in [4.78, 5) is 12.3. The van der Waals surface area contributed by atoms with Gasteiger partial charge in [0.25, 0.3) is 0 Å². The van der Waals surface area contributed by atoms with Crippen molar-refractivity contribution in [1.29, 1.82) is 0 Å². The van der Waals surface area contributed by atoms with Crippen molar-refractivity contribution in [3.05, 3.63) is 89.5 Å². The summed E-state index contributed by atoms with van der Waals surface area (Å²) in [6.07, 6.45) is 10.0. The van der Waals surface area contributed by atoms with Gasteiger partial charge in [-0.3, -0.25) is 0 Å². The van der Waals surface area contributed by atoms with E-state index in [4.69, 9.17) is 42.6 Å². The van der Waals surface area contributed by atoms with Crippen LogP contribution in [0.15, 0.2) is 72.8 Å². The van der Waals surface area contributed by atoms with E-state index in [2.05, 4.69) is 60.8 Å². The molecular weight excluding hydrogens is 727 g/mol. The fourth-order valence-corrected chi connectivity index (χ4v) is 6.55. The predicted octanol–water partition coefficient (Wildman–Crippen LogP) is 8.01. The molecule has 57 heavy (non-hydrogen) atoms. The fourth-order valence-electron chi connectivity index (χ4n) is 6.55. The van der Waals surface area contributed by atoms with E-state index in [-0.39, 0.29) is 5.92 Å². The lowest BCUT2D eigenvalue weighted by Gasteiger charge is -2.14. The maximum absolute atomic E-state index is 12.3. The van der Waals surface area contributed by atoms with Crippen LogP contribution < -0.4 is 10.1 Å². The summed E-state index contributed by atoms with van der Waals surface area (Å²) in [7, 11) is 0. The van der Waals surface area contributed by atoms with Crippen LogP contribution in [0.5, 0.6) is 5.75 Å². The molecule has 0 fully saturated rings. The van der Waals surface area contributed by atoms with Crippen LogP contribution in [0.3, 0.4) is 0 Å². The van der Waals surface area contributed by atoms with Crippen molar-refractivity contribution in [2.45, 2.75) is 64.2 Å². The number of rotatable bonds is 35. The van der Waals surface area contributed by atoms with E-state index in [0.29, 0.717) is 112 Å². The molecular formula is C46H67NO10. The average molecular weight is 794 g/mol. The Hall–Kier alpha value is -3.55. The van der Waals surface area contributed by atoms with E-state index in [1.165, 1.54) is 72.8 Å². The zero-order valence-electron chi connectivity index (χ0n) is 34.3. The summed E-state index contributed by atoms with van der Waals surface area (Å²) >= 11 is 0. The molecule has 1 N–H and O–H groups in total. The van der Waals surface area contributed by atoms with Gasteiger partial charge in [0, 0.05) is 12.5 Å². The minimum Gasteiger partial charge on any atom is -0.491 e. The van der Waals surface area contributed by atoms with Crippen LogP contribution in [0, 0.1) is 0 Å². The molecule has 0 atom stereocenters. The molecule has 0 aromatic heterocycles. The van der Waals surface area contributed by atoms with E-state index >= 15 is 0 Å². The molecule has 316 valence electrons. The Morgan fingerprint density at radius 1 is 0.509 bits per heavy atom. The first-order valence-corrected chi connectivity index (χ1v) is 21.1. The van der Waals surface area contributed by atoms with Gasteiger partial charge in [0.1, 0.15) is 19.0 Å². The molecule has 3 aromatic carbocycles. The number of unbranched alkanes of at least 4 members (excludes halogenated alkanes) is 6. The number of fused-ring (bicyclic) bond motifs is 3. The molecule has 0 saturated heterocycles. The predicted molar refractivity (Wildman–Crippen MR) is 222 cm³/mol. The number of ether oxygens (including phenoxy) is 9. The third kappa shape index (κ3) is 19.6. The second-order valence-corrected chi connectivity index (χ2v) is 13.9. The summed E-state index contributed by atoms with van der Waals surface area (Å²) in [5, 5.41) is 2.75. The van der Waals surface area contributed by atoms with Gasteiger partial charge in [0.2, 0.25) is 0 Å². The van der Waals surface area contributed by atoms with Crippen LogP contribution >= 0.6 is 0 Å². The lowest BCUT2D eigenvalue weighted by Crippen LogP contribution is -2.29. The second-order valence-electron chi connectivity index (χ2n) is 13.9. The Balaban J connectivity index is 0.812. The first-order chi connectivity index (χ1) is 28.3. The van der Waals surface area contributed by atoms with Crippen molar-refractivity contribution in [3.8, 4) is 16.9 Å². The average Bonchev–Trinajstić information content (AvgIpc) is 3.56. The fraction of sp³-hybridized carbons (Fsp3) is 0.587. The van der Waals surface area contributed by atoms with Crippen LogP contribution in [0.25, 0.3) is 11.1 Å². The molecule has 4 rings (SSSR count). The quantitative estimate of drug-likeness (QED) is 0.0588. The highest BCUT2D eigenvalue weighted by molar-refractivity contribution is 5.79. The number of hydrogen-bond donors (Lipinski definition) is 1. The molecule has 1 aliphatic rings. The smallest absolute Gasteiger partial charge is 0.407 e. The van der Waals surface area contributed by atoms with Gasteiger partial charge in [-0.1, -0.05) is 106 Å². The highest BCUT2D eigenvalue weighted by Gasteiger charge is 2.28.